The molecule has 0 amide bonds. The molecular weight excluding hydrogens is 326 g/mol. The summed E-state index contributed by atoms with van der Waals surface area (Å²) in [5.74, 6) is -0.108. The third kappa shape index (κ3) is 4.01. The van der Waals surface area contributed by atoms with E-state index in [1.807, 2.05) is 6.20 Å². The Balaban J connectivity index is 1.91. The number of aryl methyl sites for hydroxylation is 1. The second kappa shape index (κ2) is 7.01. The van der Waals surface area contributed by atoms with Gasteiger partial charge < -0.3 is 4.74 Å². The van der Waals surface area contributed by atoms with Gasteiger partial charge in [0.25, 0.3) is 0 Å². The number of unbranched alkanes of at least 4 members (excludes halogenated alkanes) is 1. The Morgan fingerprint density at radius 2 is 2.32 bits per heavy atom. The van der Waals surface area contributed by atoms with Gasteiger partial charge in [-0.2, -0.15) is 0 Å². The Morgan fingerprint density at radius 1 is 1.47 bits per heavy atom. The maximum atomic E-state index is 11.5. The maximum absolute atomic E-state index is 11.5. The number of nitrogens with zero attached hydrogens (tertiary/aromatic N) is 1. The average molecular weight is 342 g/mol. The molecule has 0 fully saturated rings. The van der Waals surface area contributed by atoms with Crippen LogP contribution in [0.3, 0.4) is 0 Å². The molecule has 2 aromatic heterocycles. The molecule has 0 saturated heterocycles. The molecule has 0 spiro atoms. The minimum absolute atomic E-state index is 0.108. The maximum Gasteiger partial charge on any atom is 0.306 e. The monoisotopic (exact) mass is 341 g/mol. The number of pyridine rings is 1. The normalized spacial score (nSPS) is 10.8. The van der Waals surface area contributed by atoms with Crippen LogP contribution < -0.4 is 0 Å². The highest BCUT2D eigenvalue weighted by atomic mass is 79.9. The molecule has 0 aromatic carbocycles. The Morgan fingerprint density at radius 3 is 3.05 bits per heavy atom. The summed E-state index contributed by atoms with van der Waals surface area (Å²) in [5.41, 5.74) is 0. The first-order valence-electron chi connectivity index (χ1n) is 6.38. The van der Waals surface area contributed by atoms with Crippen LogP contribution >= 0.6 is 27.3 Å². The first kappa shape index (κ1) is 14.5. The van der Waals surface area contributed by atoms with Crippen LogP contribution in [0.25, 0.3) is 10.1 Å². The van der Waals surface area contributed by atoms with Crippen molar-refractivity contribution >= 4 is 43.3 Å². The minimum atomic E-state index is -0.108. The molecule has 0 aliphatic rings. The van der Waals surface area contributed by atoms with Gasteiger partial charge in [-0.3, -0.25) is 9.78 Å². The zero-order chi connectivity index (χ0) is 13.7. The first-order valence-corrected chi connectivity index (χ1v) is 7.99. The van der Waals surface area contributed by atoms with Gasteiger partial charge in [0.2, 0.25) is 0 Å². The fourth-order valence-corrected chi connectivity index (χ4v) is 3.36. The molecule has 0 unspecified atom stereocenters. The summed E-state index contributed by atoms with van der Waals surface area (Å²) in [6.07, 6.45) is 6.81. The lowest BCUT2D eigenvalue weighted by atomic mass is 10.2. The van der Waals surface area contributed by atoms with Crippen molar-refractivity contribution in [3.8, 4) is 0 Å². The summed E-state index contributed by atoms with van der Waals surface area (Å²) in [6.45, 7) is 2.62. The van der Waals surface area contributed by atoms with E-state index >= 15 is 0 Å². The molecule has 0 bridgehead atoms. The van der Waals surface area contributed by atoms with Gasteiger partial charge in [0, 0.05) is 27.1 Å². The molecule has 0 N–H and O–H groups in total. The van der Waals surface area contributed by atoms with Crippen molar-refractivity contribution in [3.63, 3.8) is 0 Å². The van der Waals surface area contributed by atoms with Crippen LogP contribution in [0.15, 0.2) is 22.9 Å². The van der Waals surface area contributed by atoms with Gasteiger partial charge in [-0.1, -0.05) is 13.3 Å². The molecule has 0 aliphatic carbocycles. The molecule has 19 heavy (non-hydrogen) atoms. The Labute approximate surface area is 125 Å². The van der Waals surface area contributed by atoms with Crippen LogP contribution in [-0.4, -0.2) is 17.6 Å². The molecule has 2 aromatic rings. The first-order chi connectivity index (χ1) is 9.20. The summed E-state index contributed by atoms with van der Waals surface area (Å²) < 4.78 is 7.29. The summed E-state index contributed by atoms with van der Waals surface area (Å²) in [7, 11) is 0. The highest BCUT2D eigenvalue weighted by Crippen LogP contribution is 2.30. The zero-order valence-electron chi connectivity index (χ0n) is 10.8. The highest BCUT2D eigenvalue weighted by Gasteiger charge is 2.08. The number of carbonyl (C=O) groups is 1. The number of esters is 1. The summed E-state index contributed by atoms with van der Waals surface area (Å²) >= 11 is 5.17. The third-order valence-electron chi connectivity index (χ3n) is 2.79. The predicted molar refractivity (Wildman–Crippen MR) is 81.5 cm³/mol. The topological polar surface area (TPSA) is 39.2 Å². The van der Waals surface area contributed by atoms with Gasteiger partial charge in [-0.25, -0.2) is 0 Å². The zero-order valence-corrected chi connectivity index (χ0v) is 13.2. The van der Waals surface area contributed by atoms with E-state index in [1.165, 1.54) is 4.88 Å². The van der Waals surface area contributed by atoms with Crippen LogP contribution in [0.1, 0.15) is 31.1 Å². The molecule has 2 heterocycles. The van der Waals surface area contributed by atoms with Gasteiger partial charge in [-0.15, -0.1) is 11.3 Å². The lowest BCUT2D eigenvalue weighted by Crippen LogP contribution is -2.06. The van der Waals surface area contributed by atoms with E-state index in [0.717, 1.165) is 33.8 Å². The van der Waals surface area contributed by atoms with Gasteiger partial charge in [0.05, 0.1) is 17.7 Å². The van der Waals surface area contributed by atoms with E-state index < -0.39 is 0 Å². The van der Waals surface area contributed by atoms with Crippen molar-refractivity contribution in [1.82, 2.24) is 4.98 Å². The third-order valence-corrected chi connectivity index (χ3v) is 4.55. The van der Waals surface area contributed by atoms with E-state index in [4.69, 9.17) is 4.74 Å². The van der Waals surface area contributed by atoms with Crippen molar-refractivity contribution in [2.24, 2.45) is 0 Å². The van der Waals surface area contributed by atoms with E-state index in [9.17, 15) is 4.79 Å². The largest absolute Gasteiger partial charge is 0.466 e. The summed E-state index contributed by atoms with van der Waals surface area (Å²) in [6, 6.07) is 2.12. The van der Waals surface area contributed by atoms with E-state index in [1.54, 1.807) is 17.5 Å². The average Bonchev–Trinajstić information content (AvgIpc) is 2.81. The molecule has 5 heteroatoms. The minimum Gasteiger partial charge on any atom is -0.466 e. The van der Waals surface area contributed by atoms with Gasteiger partial charge in [0.15, 0.2) is 0 Å². The van der Waals surface area contributed by atoms with Crippen molar-refractivity contribution in [2.75, 3.05) is 6.61 Å². The number of thiophene rings is 1. The molecule has 0 radical (unpaired) electrons. The number of hydrogen-bond donors (Lipinski definition) is 0. The molecule has 3 nitrogen and oxygen atoms in total. The standard InChI is InChI=1S/C14H16BrNO2S/c1-2-3-6-18-14(17)5-4-10-7-11-12(15)8-16-9-13(11)19-10/h7-9H,2-6H2,1H3. The molecule has 0 saturated carbocycles. The van der Waals surface area contributed by atoms with Crippen LogP contribution in [0, 0.1) is 0 Å². The lowest BCUT2D eigenvalue weighted by Gasteiger charge is -2.02. The Hall–Kier alpha value is -0.940. The van der Waals surface area contributed by atoms with Gasteiger partial charge >= 0.3 is 5.97 Å². The molecular formula is C14H16BrNO2S. The number of carbonyl (C=O) groups excluding carboxylic acids is 1. The van der Waals surface area contributed by atoms with E-state index in [0.29, 0.717) is 13.0 Å². The number of rotatable bonds is 6. The lowest BCUT2D eigenvalue weighted by molar-refractivity contribution is -0.143. The van der Waals surface area contributed by atoms with Crippen molar-refractivity contribution in [1.29, 1.82) is 0 Å². The fraction of sp³-hybridized carbons (Fsp3) is 0.429. The van der Waals surface area contributed by atoms with Gasteiger partial charge in [-0.05, 0) is 34.8 Å². The second-order valence-corrected chi connectivity index (χ2v) is 6.34. The van der Waals surface area contributed by atoms with E-state index in [-0.39, 0.29) is 5.97 Å². The smallest absolute Gasteiger partial charge is 0.306 e. The number of hydrogen-bond acceptors (Lipinski definition) is 4. The number of halogens is 1. The quantitative estimate of drug-likeness (QED) is 0.579. The molecule has 102 valence electrons. The highest BCUT2D eigenvalue weighted by molar-refractivity contribution is 9.10. The second-order valence-electron chi connectivity index (χ2n) is 4.32. The predicted octanol–water partition coefficient (Wildman–Crippen LogP) is 4.33. The summed E-state index contributed by atoms with van der Waals surface area (Å²) in [4.78, 5) is 16.9. The van der Waals surface area contributed by atoms with Crippen LogP contribution in [-0.2, 0) is 16.0 Å². The summed E-state index contributed by atoms with van der Waals surface area (Å²) in [5, 5.41) is 1.16. The Kier molecular flexibility index (Phi) is 5.34. The Bertz CT molecular complexity index is 568. The number of ether oxygens (including phenoxy) is 1. The van der Waals surface area contributed by atoms with Crippen molar-refractivity contribution < 1.29 is 9.53 Å². The van der Waals surface area contributed by atoms with Crippen molar-refractivity contribution in [3.05, 3.63) is 27.8 Å². The van der Waals surface area contributed by atoms with Crippen LogP contribution in [0.2, 0.25) is 0 Å². The van der Waals surface area contributed by atoms with Crippen molar-refractivity contribution in [2.45, 2.75) is 32.6 Å². The number of aromatic nitrogens is 1. The fourth-order valence-electron chi connectivity index (χ4n) is 1.73. The van der Waals surface area contributed by atoms with Crippen LogP contribution in [0.4, 0.5) is 0 Å². The van der Waals surface area contributed by atoms with Gasteiger partial charge in [0.1, 0.15) is 0 Å². The number of fused-ring (bicyclic) bond motifs is 1. The molecule has 0 aliphatic heterocycles. The molecule has 2 rings (SSSR count). The molecule has 0 atom stereocenters. The SMILES string of the molecule is CCCCOC(=O)CCc1cc2c(Br)cncc2s1. The van der Waals surface area contributed by atoms with Crippen LogP contribution in [0.5, 0.6) is 0 Å². The van der Waals surface area contributed by atoms with E-state index in [2.05, 4.69) is 33.9 Å².